The van der Waals surface area contributed by atoms with Crippen LogP contribution in [0.25, 0.3) is 21.8 Å². The third kappa shape index (κ3) is 4.26. The lowest BCUT2D eigenvalue weighted by atomic mass is 10.1. The zero-order chi connectivity index (χ0) is 18.6. The Morgan fingerprint density at radius 1 is 1.15 bits per heavy atom. The van der Waals surface area contributed by atoms with Crippen LogP contribution in [0.1, 0.15) is 24.0 Å². The topological polar surface area (TPSA) is 51.2 Å². The zero-order valence-corrected chi connectivity index (χ0v) is 16.1. The number of amides is 1. The highest BCUT2D eigenvalue weighted by Gasteiger charge is 2.22. The number of nitrogens with zero attached hydrogens (tertiary/aromatic N) is 1. The lowest BCUT2D eigenvalue weighted by Gasteiger charge is -2.10. The van der Waals surface area contributed by atoms with Crippen LogP contribution in [0.2, 0.25) is 0 Å². The molecule has 1 aliphatic heterocycles. The van der Waals surface area contributed by atoms with E-state index < -0.39 is 0 Å². The molecule has 138 valence electrons. The normalized spacial score (nSPS) is 16.4. The first-order chi connectivity index (χ1) is 13.2. The smallest absolute Gasteiger partial charge is 0.249 e. The maximum Gasteiger partial charge on any atom is 0.249 e. The van der Waals surface area contributed by atoms with E-state index in [4.69, 9.17) is 9.72 Å². The van der Waals surface area contributed by atoms with Gasteiger partial charge in [0, 0.05) is 29.7 Å². The van der Waals surface area contributed by atoms with Crippen molar-refractivity contribution in [2.24, 2.45) is 0 Å². The van der Waals surface area contributed by atoms with E-state index in [0.29, 0.717) is 13.2 Å². The van der Waals surface area contributed by atoms with Crippen molar-refractivity contribution in [1.82, 2.24) is 10.3 Å². The molecule has 1 saturated heterocycles. The monoisotopic (exact) mass is 378 g/mol. The minimum Gasteiger partial charge on any atom is -0.368 e. The van der Waals surface area contributed by atoms with E-state index in [0.717, 1.165) is 40.2 Å². The molecule has 27 heavy (non-hydrogen) atoms. The molecule has 0 spiro atoms. The Morgan fingerprint density at radius 3 is 2.59 bits per heavy atom. The highest BCUT2D eigenvalue weighted by molar-refractivity contribution is 7.13. The summed E-state index contributed by atoms with van der Waals surface area (Å²) < 4.78 is 5.41. The highest BCUT2D eigenvalue weighted by atomic mass is 32.1. The summed E-state index contributed by atoms with van der Waals surface area (Å²) in [6, 6.07) is 16.6. The van der Waals surface area contributed by atoms with E-state index in [2.05, 4.69) is 54.0 Å². The molecule has 1 aliphatic rings. The van der Waals surface area contributed by atoms with Gasteiger partial charge in [0.25, 0.3) is 0 Å². The predicted molar refractivity (Wildman–Crippen MR) is 109 cm³/mol. The van der Waals surface area contributed by atoms with Crippen LogP contribution in [0.5, 0.6) is 0 Å². The Balaban J connectivity index is 1.40. The molecule has 1 unspecified atom stereocenters. The number of carbonyl (C=O) groups excluding carboxylic acids is 1. The van der Waals surface area contributed by atoms with Crippen LogP contribution < -0.4 is 5.32 Å². The van der Waals surface area contributed by atoms with Crippen molar-refractivity contribution in [1.29, 1.82) is 0 Å². The summed E-state index contributed by atoms with van der Waals surface area (Å²) in [4.78, 5) is 16.8. The summed E-state index contributed by atoms with van der Waals surface area (Å²) in [5, 5.41) is 6.05. The predicted octanol–water partition coefficient (Wildman–Crippen LogP) is 4.58. The van der Waals surface area contributed by atoms with E-state index in [1.54, 1.807) is 11.3 Å². The Hall–Kier alpha value is -2.50. The maximum absolute atomic E-state index is 12.0. The molecule has 0 aliphatic carbocycles. The second kappa shape index (κ2) is 8.03. The van der Waals surface area contributed by atoms with E-state index in [1.165, 1.54) is 5.56 Å². The molecule has 1 atom stereocenters. The van der Waals surface area contributed by atoms with Gasteiger partial charge < -0.3 is 10.1 Å². The molecule has 5 heteroatoms. The SMILES string of the molecule is Cc1ccc(-c2csc(-c3ccc(CNC(=O)C4CCCO4)cc3)n2)cc1. The fraction of sp³-hybridized carbons (Fsp3) is 0.273. The van der Waals surface area contributed by atoms with Crippen LogP contribution in [0.3, 0.4) is 0 Å². The molecule has 4 nitrogen and oxygen atoms in total. The molecule has 3 aromatic rings. The van der Waals surface area contributed by atoms with Crippen LogP contribution in [0, 0.1) is 6.92 Å². The number of nitrogens with one attached hydrogen (secondary N) is 1. The molecule has 0 radical (unpaired) electrons. The molecule has 1 fully saturated rings. The molecule has 4 rings (SSSR count). The number of hydrogen-bond donors (Lipinski definition) is 1. The van der Waals surface area contributed by atoms with Crippen LogP contribution in [0.4, 0.5) is 0 Å². The second-order valence-electron chi connectivity index (χ2n) is 6.82. The summed E-state index contributed by atoms with van der Waals surface area (Å²) in [6.07, 6.45) is 1.50. The Labute approximate surface area is 163 Å². The molecular weight excluding hydrogens is 356 g/mol. The van der Waals surface area contributed by atoms with Gasteiger partial charge in [-0.25, -0.2) is 4.98 Å². The van der Waals surface area contributed by atoms with E-state index in [1.807, 2.05) is 12.1 Å². The average Bonchev–Trinajstić information content (AvgIpc) is 3.39. The molecule has 0 saturated carbocycles. The molecule has 2 aromatic carbocycles. The first-order valence-corrected chi connectivity index (χ1v) is 10.1. The third-order valence-corrected chi connectivity index (χ3v) is 5.63. The minimum atomic E-state index is -0.278. The molecule has 1 N–H and O–H groups in total. The fourth-order valence-electron chi connectivity index (χ4n) is 3.12. The van der Waals surface area contributed by atoms with Gasteiger partial charge in [0.05, 0.1) is 5.69 Å². The van der Waals surface area contributed by atoms with Crippen LogP contribution >= 0.6 is 11.3 Å². The Morgan fingerprint density at radius 2 is 1.89 bits per heavy atom. The van der Waals surface area contributed by atoms with Crippen LogP contribution in [-0.4, -0.2) is 23.6 Å². The summed E-state index contributed by atoms with van der Waals surface area (Å²) in [7, 11) is 0. The number of thiazole rings is 1. The largest absolute Gasteiger partial charge is 0.368 e. The summed E-state index contributed by atoms with van der Waals surface area (Å²) >= 11 is 1.65. The third-order valence-electron chi connectivity index (χ3n) is 4.74. The van der Waals surface area contributed by atoms with E-state index in [9.17, 15) is 4.79 Å². The van der Waals surface area contributed by atoms with Crippen molar-refractivity contribution in [2.75, 3.05) is 6.61 Å². The van der Waals surface area contributed by atoms with Gasteiger partial charge in [0.15, 0.2) is 0 Å². The van der Waals surface area contributed by atoms with Crippen molar-refractivity contribution in [3.63, 3.8) is 0 Å². The minimum absolute atomic E-state index is 0.0146. The number of aryl methyl sites for hydroxylation is 1. The average molecular weight is 378 g/mol. The first-order valence-electron chi connectivity index (χ1n) is 9.20. The lowest BCUT2D eigenvalue weighted by molar-refractivity contribution is -0.130. The second-order valence-corrected chi connectivity index (χ2v) is 7.68. The van der Waals surface area contributed by atoms with Crippen molar-refractivity contribution >= 4 is 17.2 Å². The molecule has 0 bridgehead atoms. The van der Waals surface area contributed by atoms with E-state index >= 15 is 0 Å². The number of benzene rings is 2. The van der Waals surface area contributed by atoms with Gasteiger partial charge in [-0.05, 0) is 25.3 Å². The number of aromatic nitrogens is 1. The van der Waals surface area contributed by atoms with Crippen molar-refractivity contribution < 1.29 is 9.53 Å². The number of carbonyl (C=O) groups is 1. The molecule has 1 amide bonds. The van der Waals surface area contributed by atoms with Crippen molar-refractivity contribution in [3.8, 4) is 21.8 Å². The van der Waals surface area contributed by atoms with Gasteiger partial charge in [-0.3, -0.25) is 4.79 Å². The molecular formula is C22H22N2O2S. The molecule has 2 heterocycles. The van der Waals surface area contributed by atoms with Crippen LogP contribution in [-0.2, 0) is 16.1 Å². The number of rotatable bonds is 5. The van der Waals surface area contributed by atoms with Crippen molar-refractivity contribution in [3.05, 3.63) is 65.0 Å². The summed E-state index contributed by atoms with van der Waals surface area (Å²) in [6.45, 7) is 3.29. The lowest BCUT2D eigenvalue weighted by Crippen LogP contribution is -2.33. The maximum atomic E-state index is 12.0. The van der Waals surface area contributed by atoms with Gasteiger partial charge in [0.1, 0.15) is 11.1 Å². The zero-order valence-electron chi connectivity index (χ0n) is 15.3. The van der Waals surface area contributed by atoms with Gasteiger partial charge in [-0.2, -0.15) is 0 Å². The summed E-state index contributed by atoms with van der Waals surface area (Å²) in [5.74, 6) is -0.0146. The fourth-order valence-corrected chi connectivity index (χ4v) is 3.95. The quantitative estimate of drug-likeness (QED) is 0.707. The standard InChI is InChI=1S/C22H22N2O2S/c1-15-4-8-17(9-5-15)19-14-27-22(24-19)18-10-6-16(7-11-18)13-23-21(25)20-3-2-12-26-20/h4-11,14,20H,2-3,12-13H2,1H3,(H,23,25). The van der Waals surface area contributed by atoms with Gasteiger partial charge in [-0.15, -0.1) is 11.3 Å². The van der Waals surface area contributed by atoms with Gasteiger partial charge in [-0.1, -0.05) is 54.1 Å². The number of ether oxygens (including phenoxy) is 1. The first kappa shape index (κ1) is 17.9. The highest BCUT2D eigenvalue weighted by Crippen LogP contribution is 2.29. The Bertz CT molecular complexity index is 910. The van der Waals surface area contributed by atoms with Crippen molar-refractivity contribution in [2.45, 2.75) is 32.4 Å². The van der Waals surface area contributed by atoms with Gasteiger partial charge >= 0.3 is 0 Å². The molecule has 1 aromatic heterocycles. The summed E-state index contributed by atoms with van der Waals surface area (Å²) in [5.41, 5.74) is 5.55. The number of hydrogen-bond acceptors (Lipinski definition) is 4. The Kier molecular flexibility index (Phi) is 5.32. The van der Waals surface area contributed by atoms with Gasteiger partial charge in [0.2, 0.25) is 5.91 Å². The van der Waals surface area contributed by atoms with E-state index in [-0.39, 0.29) is 12.0 Å². The van der Waals surface area contributed by atoms with Crippen LogP contribution in [0.15, 0.2) is 53.9 Å².